The number of carbonyl (C=O) groups excluding carboxylic acids is 1. The van der Waals surface area contributed by atoms with Crippen LogP contribution in [0.15, 0.2) is 30.7 Å². The number of pyridine rings is 1. The molecule has 1 saturated heterocycles. The molecule has 3 atom stereocenters. The van der Waals surface area contributed by atoms with Crippen molar-refractivity contribution >= 4 is 5.91 Å². The summed E-state index contributed by atoms with van der Waals surface area (Å²) in [6, 6.07) is 4.21. The van der Waals surface area contributed by atoms with Gasteiger partial charge in [-0.3, -0.25) is 14.8 Å². The standard InChI is InChI=1S/C18H24N6O/c1-12-19-8-9-24(12)16-10-13(6-7-20-16)11-21-18(25)17-14-4-2-3-5-15(14)22-23-17/h6-10,14-15,17,22-23H,2-5,11H2,1H3,(H,21,25). The second kappa shape index (κ2) is 6.93. The number of fused-ring (bicyclic) bond motifs is 1. The summed E-state index contributed by atoms with van der Waals surface area (Å²) in [5.74, 6) is 2.17. The van der Waals surface area contributed by atoms with Gasteiger partial charge < -0.3 is 5.32 Å². The SMILES string of the molecule is Cc1nccn1-c1cc(CNC(=O)C2NNC3CCCCC32)ccn1. The van der Waals surface area contributed by atoms with Crippen molar-refractivity contribution in [2.24, 2.45) is 5.92 Å². The normalized spacial score (nSPS) is 25.6. The van der Waals surface area contributed by atoms with Gasteiger partial charge in [0.25, 0.3) is 0 Å². The van der Waals surface area contributed by atoms with Crippen LogP contribution in [0.25, 0.3) is 5.82 Å². The van der Waals surface area contributed by atoms with Gasteiger partial charge in [0.1, 0.15) is 17.7 Å². The number of imidazole rings is 1. The van der Waals surface area contributed by atoms with Crippen LogP contribution in [0.5, 0.6) is 0 Å². The van der Waals surface area contributed by atoms with Crippen molar-refractivity contribution in [1.82, 2.24) is 30.7 Å². The van der Waals surface area contributed by atoms with Crippen molar-refractivity contribution in [2.75, 3.05) is 0 Å². The highest BCUT2D eigenvalue weighted by Crippen LogP contribution is 2.30. The third-order valence-electron chi connectivity index (χ3n) is 5.30. The second-order valence-electron chi connectivity index (χ2n) is 6.91. The zero-order chi connectivity index (χ0) is 17.2. The number of amides is 1. The predicted molar refractivity (Wildman–Crippen MR) is 93.7 cm³/mol. The number of hydrogen-bond donors (Lipinski definition) is 3. The van der Waals surface area contributed by atoms with Crippen LogP contribution in [0, 0.1) is 12.8 Å². The first-order valence-corrected chi connectivity index (χ1v) is 8.96. The number of carbonyl (C=O) groups is 1. The fourth-order valence-electron chi connectivity index (χ4n) is 3.92. The van der Waals surface area contributed by atoms with E-state index in [4.69, 9.17) is 0 Å². The lowest BCUT2D eigenvalue weighted by Crippen LogP contribution is -2.45. The molecule has 1 amide bonds. The maximum absolute atomic E-state index is 12.6. The summed E-state index contributed by atoms with van der Waals surface area (Å²) in [6.45, 7) is 2.44. The summed E-state index contributed by atoms with van der Waals surface area (Å²) in [7, 11) is 0. The Bertz CT molecular complexity index is 758. The molecule has 1 aliphatic carbocycles. The van der Waals surface area contributed by atoms with Crippen molar-refractivity contribution in [1.29, 1.82) is 0 Å². The maximum atomic E-state index is 12.6. The minimum atomic E-state index is -0.137. The van der Waals surface area contributed by atoms with Crippen LogP contribution in [0.3, 0.4) is 0 Å². The zero-order valence-electron chi connectivity index (χ0n) is 14.4. The molecule has 25 heavy (non-hydrogen) atoms. The molecule has 3 N–H and O–H groups in total. The van der Waals surface area contributed by atoms with Gasteiger partial charge in [-0.05, 0) is 37.5 Å². The Morgan fingerprint density at radius 2 is 2.16 bits per heavy atom. The molecule has 2 fully saturated rings. The largest absolute Gasteiger partial charge is 0.351 e. The molecule has 2 aromatic heterocycles. The number of nitrogens with one attached hydrogen (secondary N) is 3. The summed E-state index contributed by atoms with van der Waals surface area (Å²) >= 11 is 0. The molecule has 0 spiro atoms. The summed E-state index contributed by atoms with van der Waals surface area (Å²) in [4.78, 5) is 21.2. The van der Waals surface area contributed by atoms with E-state index in [2.05, 4.69) is 26.1 Å². The number of aromatic nitrogens is 3. The molecule has 1 aliphatic heterocycles. The predicted octanol–water partition coefficient (Wildman–Crippen LogP) is 1.23. The van der Waals surface area contributed by atoms with E-state index < -0.39 is 0 Å². The van der Waals surface area contributed by atoms with E-state index >= 15 is 0 Å². The molecule has 0 aromatic carbocycles. The van der Waals surface area contributed by atoms with Crippen LogP contribution in [-0.4, -0.2) is 32.5 Å². The summed E-state index contributed by atoms with van der Waals surface area (Å²) in [6.07, 6.45) is 10.1. The molecule has 3 unspecified atom stereocenters. The van der Waals surface area contributed by atoms with Crippen LogP contribution in [0.1, 0.15) is 37.1 Å². The minimum Gasteiger partial charge on any atom is -0.351 e. The third-order valence-corrected chi connectivity index (χ3v) is 5.30. The molecule has 0 radical (unpaired) electrons. The topological polar surface area (TPSA) is 83.9 Å². The van der Waals surface area contributed by atoms with Gasteiger partial charge in [0.05, 0.1) is 0 Å². The van der Waals surface area contributed by atoms with Crippen LogP contribution in [0.4, 0.5) is 0 Å². The molecule has 7 heteroatoms. The van der Waals surface area contributed by atoms with E-state index in [-0.39, 0.29) is 11.9 Å². The van der Waals surface area contributed by atoms with Crippen molar-refractivity contribution in [2.45, 2.75) is 51.2 Å². The molecular weight excluding hydrogens is 316 g/mol. The first kappa shape index (κ1) is 16.2. The lowest BCUT2D eigenvalue weighted by Gasteiger charge is -2.26. The molecule has 1 saturated carbocycles. The Kier molecular flexibility index (Phi) is 4.50. The van der Waals surface area contributed by atoms with Gasteiger partial charge in [-0.25, -0.2) is 15.4 Å². The van der Waals surface area contributed by atoms with Gasteiger partial charge in [0, 0.05) is 37.1 Å². The van der Waals surface area contributed by atoms with Gasteiger partial charge >= 0.3 is 0 Å². The van der Waals surface area contributed by atoms with E-state index in [1.165, 1.54) is 12.8 Å². The fourth-order valence-corrected chi connectivity index (χ4v) is 3.92. The molecule has 3 heterocycles. The van der Waals surface area contributed by atoms with Crippen LogP contribution in [-0.2, 0) is 11.3 Å². The summed E-state index contributed by atoms with van der Waals surface area (Å²) < 4.78 is 1.93. The van der Waals surface area contributed by atoms with Crippen molar-refractivity contribution in [3.63, 3.8) is 0 Å². The highest BCUT2D eigenvalue weighted by molar-refractivity contribution is 5.82. The molecule has 7 nitrogen and oxygen atoms in total. The van der Waals surface area contributed by atoms with Gasteiger partial charge in [-0.1, -0.05) is 12.8 Å². The van der Waals surface area contributed by atoms with Gasteiger partial charge in [-0.2, -0.15) is 0 Å². The first-order chi connectivity index (χ1) is 12.2. The Morgan fingerprint density at radius 1 is 1.28 bits per heavy atom. The second-order valence-corrected chi connectivity index (χ2v) is 6.91. The average Bonchev–Trinajstić information content (AvgIpc) is 3.26. The monoisotopic (exact) mass is 340 g/mol. The number of rotatable bonds is 4. The molecule has 0 bridgehead atoms. The Hall–Kier alpha value is -2.25. The summed E-state index contributed by atoms with van der Waals surface area (Å²) in [5, 5.41) is 3.07. The third kappa shape index (κ3) is 3.29. The number of hydrazine groups is 1. The van der Waals surface area contributed by atoms with E-state index in [1.807, 2.05) is 29.8 Å². The first-order valence-electron chi connectivity index (χ1n) is 8.96. The van der Waals surface area contributed by atoms with Gasteiger partial charge in [-0.15, -0.1) is 0 Å². The molecule has 4 rings (SSSR count). The molecule has 132 valence electrons. The van der Waals surface area contributed by atoms with Gasteiger partial charge in [0.15, 0.2) is 0 Å². The lowest BCUT2D eigenvalue weighted by molar-refractivity contribution is -0.124. The number of aryl methyl sites for hydroxylation is 1. The Balaban J connectivity index is 1.40. The molecule has 2 aliphatic rings. The van der Waals surface area contributed by atoms with E-state index in [1.54, 1.807) is 12.4 Å². The van der Waals surface area contributed by atoms with Crippen LogP contribution in [0.2, 0.25) is 0 Å². The minimum absolute atomic E-state index is 0.0686. The van der Waals surface area contributed by atoms with Crippen molar-refractivity contribution in [3.8, 4) is 5.82 Å². The maximum Gasteiger partial charge on any atom is 0.239 e. The van der Waals surface area contributed by atoms with E-state index in [9.17, 15) is 4.79 Å². The summed E-state index contributed by atoms with van der Waals surface area (Å²) in [5.41, 5.74) is 7.51. The quantitative estimate of drug-likeness (QED) is 0.780. The van der Waals surface area contributed by atoms with Crippen LogP contribution < -0.4 is 16.2 Å². The van der Waals surface area contributed by atoms with E-state index in [0.29, 0.717) is 18.5 Å². The van der Waals surface area contributed by atoms with Crippen molar-refractivity contribution in [3.05, 3.63) is 42.1 Å². The Labute approximate surface area is 147 Å². The zero-order valence-corrected chi connectivity index (χ0v) is 14.4. The molecule has 2 aromatic rings. The number of hydrogen-bond acceptors (Lipinski definition) is 5. The average molecular weight is 340 g/mol. The van der Waals surface area contributed by atoms with Crippen LogP contribution >= 0.6 is 0 Å². The highest BCUT2D eigenvalue weighted by atomic mass is 16.2. The fraction of sp³-hybridized carbons (Fsp3) is 0.500. The van der Waals surface area contributed by atoms with Crippen molar-refractivity contribution < 1.29 is 4.79 Å². The number of nitrogens with zero attached hydrogens (tertiary/aromatic N) is 3. The molecular formula is C18H24N6O. The highest BCUT2D eigenvalue weighted by Gasteiger charge is 2.40. The smallest absolute Gasteiger partial charge is 0.239 e. The lowest BCUT2D eigenvalue weighted by atomic mass is 9.81. The van der Waals surface area contributed by atoms with Gasteiger partial charge in [0.2, 0.25) is 5.91 Å². The van der Waals surface area contributed by atoms with E-state index in [0.717, 1.165) is 30.0 Å². The Morgan fingerprint density at radius 3 is 3.00 bits per heavy atom.